The standard InChI is InChI=1S/C13H12Cl2N2O/c1-16-8-9-5-6-17-12(7-9)18-11-4-2-3-10(14)13(11)15/h2-7,16H,8H2,1H3. The van der Waals surface area contributed by atoms with Crippen LogP contribution in [0.4, 0.5) is 0 Å². The van der Waals surface area contributed by atoms with Gasteiger partial charge in [-0.3, -0.25) is 0 Å². The maximum atomic E-state index is 6.05. The molecule has 0 bridgehead atoms. The third kappa shape index (κ3) is 3.13. The van der Waals surface area contributed by atoms with Gasteiger partial charge in [-0.05, 0) is 30.8 Å². The zero-order chi connectivity index (χ0) is 13.0. The molecule has 3 nitrogen and oxygen atoms in total. The Hall–Kier alpha value is -1.29. The summed E-state index contributed by atoms with van der Waals surface area (Å²) in [6.07, 6.45) is 1.69. The fraction of sp³-hybridized carbons (Fsp3) is 0.154. The highest BCUT2D eigenvalue weighted by Gasteiger charge is 2.07. The molecule has 18 heavy (non-hydrogen) atoms. The van der Waals surface area contributed by atoms with Gasteiger partial charge in [0.1, 0.15) is 10.8 Å². The van der Waals surface area contributed by atoms with Crippen LogP contribution in [0.5, 0.6) is 11.6 Å². The summed E-state index contributed by atoms with van der Waals surface area (Å²) in [5.74, 6) is 0.991. The minimum atomic E-state index is 0.389. The van der Waals surface area contributed by atoms with Crippen molar-refractivity contribution in [1.29, 1.82) is 0 Å². The Morgan fingerprint density at radius 1 is 1.28 bits per heavy atom. The Morgan fingerprint density at radius 2 is 2.11 bits per heavy atom. The number of hydrogen-bond donors (Lipinski definition) is 1. The van der Waals surface area contributed by atoms with Crippen molar-refractivity contribution >= 4 is 23.2 Å². The van der Waals surface area contributed by atoms with Gasteiger partial charge in [-0.15, -0.1) is 0 Å². The molecule has 1 aromatic heterocycles. The number of halogens is 2. The Bertz CT molecular complexity index is 546. The van der Waals surface area contributed by atoms with Crippen molar-refractivity contribution in [2.45, 2.75) is 6.54 Å². The summed E-state index contributed by atoms with van der Waals surface area (Å²) in [4.78, 5) is 4.14. The highest BCUT2D eigenvalue weighted by Crippen LogP contribution is 2.34. The van der Waals surface area contributed by atoms with Crippen LogP contribution in [0.25, 0.3) is 0 Å². The van der Waals surface area contributed by atoms with E-state index in [0.717, 1.165) is 12.1 Å². The average molecular weight is 283 g/mol. The van der Waals surface area contributed by atoms with Crippen LogP contribution in [0.1, 0.15) is 5.56 Å². The molecule has 0 fully saturated rings. The SMILES string of the molecule is CNCc1ccnc(Oc2cccc(Cl)c2Cl)c1. The Balaban J connectivity index is 2.23. The molecule has 94 valence electrons. The number of rotatable bonds is 4. The summed E-state index contributed by atoms with van der Waals surface area (Å²) in [5, 5.41) is 3.91. The molecule has 0 aliphatic heterocycles. The van der Waals surface area contributed by atoms with E-state index in [0.29, 0.717) is 21.7 Å². The number of aromatic nitrogens is 1. The van der Waals surface area contributed by atoms with E-state index in [9.17, 15) is 0 Å². The van der Waals surface area contributed by atoms with E-state index in [4.69, 9.17) is 27.9 Å². The van der Waals surface area contributed by atoms with Gasteiger partial charge in [0.15, 0.2) is 0 Å². The lowest BCUT2D eigenvalue weighted by molar-refractivity contribution is 0.462. The van der Waals surface area contributed by atoms with Crippen LogP contribution in [0.3, 0.4) is 0 Å². The predicted octanol–water partition coefficient (Wildman–Crippen LogP) is 3.90. The number of pyridine rings is 1. The lowest BCUT2D eigenvalue weighted by Crippen LogP contribution is -2.05. The number of nitrogens with one attached hydrogen (secondary N) is 1. The first kappa shape index (κ1) is 13.1. The van der Waals surface area contributed by atoms with Gasteiger partial charge in [-0.25, -0.2) is 4.98 Å². The smallest absolute Gasteiger partial charge is 0.219 e. The molecule has 0 unspecified atom stereocenters. The number of benzene rings is 1. The summed E-state index contributed by atoms with van der Waals surface area (Å²) in [6, 6.07) is 9.01. The van der Waals surface area contributed by atoms with Gasteiger partial charge >= 0.3 is 0 Å². The molecular weight excluding hydrogens is 271 g/mol. The summed E-state index contributed by atoms with van der Waals surface area (Å²) >= 11 is 12.0. The third-order valence-corrected chi connectivity index (χ3v) is 3.11. The van der Waals surface area contributed by atoms with Gasteiger partial charge in [-0.2, -0.15) is 0 Å². The first-order valence-electron chi connectivity index (χ1n) is 5.42. The van der Waals surface area contributed by atoms with Crippen molar-refractivity contribution < 1.29 is 4.74 Å². The fourth-order valence-electron chi connectivity index (χ4n) is 1.50. The van der Waals surface area contributed by atoms with Crippen LogP contribution in [0.2, 0.25) is 10.0 Å². The van der Waals surface area contributed by atoms with Crippen LogP contribution in [0.15, 0.2) is 36.5 Å². The lowest BCUT2D eigenvalue weighted by atomic mass is 10.2. The molecule has 0 aliphatic carbocycles. The van der Waals surface area contributed by atoms with E-state index in [1.54, 1.807) is 24.4 Å². The molecule has 0 atom stereocenters. The molecule has 0 amide bonds. The second-order valence-corrected chi connectivity index (χ2v) is 4.47. The van der Waals surface area contributed by atoms with E-state index >= 15 is 0 Å². The van der Waals surface area contributed by atoms with E-state index < -0.39 is 0 Å². The van der Waals surface area contributed by atoms with E-state index in [1.807, 2.05) is 19.2 Å². The van der Waals surface area contributed by atoms with E-state index in [2.05, 4.69) is 10.3 Å². The number of ether oxygens (including phenoxy) is 1. The molecular formula is C13H12Cl2N2O. The van der Waals surface area contributed by atoms with Gasteiger partial charge in [0, 0.05) is 18.8 Å². The normalized spacial score (nSPS) is 10.4. The maximum Gasteiger partial charge on any atom is 0.219 e. The summed E-state index contributed by atoms with van der Waals surface area (Å²) in [7, 11) is 1.88. The van der Waals surface area contributed by atoms with Crippen LogP contribution in [0, 0.1) is 0 Å². The van der Waals surface area contributed by atoms with Crippen molar-refractivity contribution in [3.8, 4) is 11.6 Å². The van der Waals surface area contributed by atoms with Crippen LogP contribution < -0.4 is 10.1 Å². The van der Waals surface area contributed by atoms with Gasteiger partial charge in [0.05, 0.1) is 5.02 Å². The van der Waals surface area contributed by atoms with Crippen molar-refractivity contribution in [3.05, 3.63) is 52.1 Å². The van der Waals surface area contributed by atoms with Crippen LogP contribution in [-0.4, -0.2) is 12.0 Å². The maximum absolute atomic E-state index is 6.05. The molecule has 0 saturated heterocycles. The summed E-state index contributed by atoms with van der Waals surface area (Å²) < 4.78 is 5.62. The monoisotopic (exact) mass is 282 g/mol. The van der Waals surface area contributed by atoms with Crippen LogP contribution in [-0.2, 0) is 6.54 Å². The van der Waals surface area contributed by atoms with Gasteiger partial charge in [0.2, 0.25) is 5.88 Å². The van der Waals surface area contributed by atoms with Crippen molar-refractivity contribution in [3.63, 3.8) is 0 Å². The predicted molar refractivity (Wildman–Crippen MR) is 73.5 cm³/mol. The quantitative estimate of drug-likeness (QED) is 0.924. The Morgan fingerprint density at radius 3 is 2.89 bits per heavy atom. The molecule has 5 heteroatoms. The van der Waals surface area contributed by atoms with Gasteiger partial charge in [0.25, 0.3) is 0 Å². The zero-order valence-electron chi connectivity index (χ0n) is 9.78. The second-order valence-electron chi connectivity index (χ2n) is 3.69. The summed E-state index contributed by atoms with van der Waals surface area (Å²) in [5.41, 5.74) is 1.08. The third-order valence-electron chi connectivity index (χ3n) is 2.31. The molecule has 0 aliphatic rings. The van der Waals surface area contributed by atoms with Crippen LogP contribution >= 0.6 is 23.2 Å². The average Bonchev–Trinajstić information content (AvgIpc) is 2.36. The number of hydrogen-bond acceptors (Lipinski definition) is 3. The van der Waals surface area contributed by atoms with Gasteiger partial charge in [-0.1, -0.05) is 29.3 Å². The molecule has 2 aromatic rings. The van der Waals surface area contributed by atoms with Gasteiger partial charge < -0.3 is 10.1 Å². The van der Waals surface area contributed by atoms with Crippen molar-refractivity contribution in [1.82, 2.24) is 10.3 Å². The summed E-state index contributed by atoms with van der Waals surface area (Å²) in [6.45, 7) is 0.752. The second kappa shape index (κ2) is 6.05. The lowest BCUT2D eigenvalue weighted by Gasteiger charge is -2.08. The zero-order valence-corrected chi connectivity index (χ0v) is 11.3. The topological polar surface area (TPSA) is 34.2 Å². The molecule has 0 saturated carbocycles. The first-order valence-corrected chi connectivity index (χ1v) is 6.17. The van der Waals surface area contributed by atoms with E-state index in [-0.39, 0.29) is 0 Å². The highest BCUT2D eigenvalue weighted by molar-refractivity contribution is 6.42. The molecule has 0 spiro atoms. The highest BCUT2D eigenvalue weighted by atomic mass is 35.5. The Kier molecular flexibility index (Phi) is 4.42. The first-order chi connectivity index (χ1) is 8.70. The fourth-order valence-corrected chi connectivity index (χ4v) is 1.83. The largest absolute Gasteiger partial charge is 0.437 e. The molecule has 1 heterocycles. The number of nitrogens with zero attached hydrogens (tertiary/aromatic N) is 1. The van der Waals surface area contributed by atoms with E-state index in [1.165, 1.54) is 0 Å². The molecule has 1 N–H and O–H groups in total. The molecule has 2 rings (SSSR count). The molecule has 0 radical (unpaired) electrons. The minimum Gasteiger partial charge on any atom is -0.437 e. The van der Waals surface area contributed by atoms with Crippen molar-refractivity contribution in [2.24, 2.45) is 0 Å². The van der Waals surface area contributed by atoms with Crippen molar-refractivity contribution in [2.75, 3.05) is 7.05 Å². The molecule has 1 aromatic carbocycles. The Labute approximate surface area is 116 Å². The minimum absolute atomic E-state index is 0.389.